The molecular weight excluding hydrogens is 366 g/mol. The van der Waals surface area contributed by atoms with Crippen LogP contribution in [0.5, 0.6) is 0 Å². The standard InChI is InChI=1S/C19H29N3O4S/c1-11(2)26-19(25)15-12(3)16(17(20)24)27-18(15)21-14(23)10-22(4)13-8-6-5-7-9-13/h11,13H,5-10H2,1-4H3,(H2,20,24)(H,21,23). The Morgan fingerprint density at radius 1 is 1.26 bits per heavy atom. The van der Waals surface area contributed by atoms with Gasteiger partial charge >= 0.3 is 5.97 Å². The van der Waals surface area contributed by atoms with Crippen LogP contribution in [0.2, 0.25) is 0 Å². The molecule has 150 valence electrons. The summed E-state index contributed by atoms with van der Waals surface area (Å²) in [5.74, 6) is -1.42. The number of nitrogens with zero attached hydrogens (tertiary/aromatic N) is 1. The van der Waals surface area contributed by atoms with Crippen LogP contribution in [0.15, 0.2) is 0 Å². The zero-order chi connectivity index (χ0) is 20.1. The SMILES string of the molecule is Cc1c(C(N)=O)sc(NC(=O)CN(C)C2CCCCC2)c1C(=O)OC(C)C. The molecule has 0 atom stereocenters. The van der Waals surface area contributed by atoms with Crippen molar-refractivity contribution in [3.63, 3.8) is 0 Å². The van der Waals surface area contributed by atoms with Crippen LogP contribution < -0.4 is 11.1 Å². The molecule has 8 heteroatoms. The molecule has 0 aromatic carbocycles. The fourth-order valence-corrected chi connectivity index (χ4v) is 4.46. The van der Waals surface area contributed by atoms with Gasteiger partial charge in [-0.15, -0.1) is 11.3 Å². The first-order valence-electron chi connectivity index (χ1n) is 9.35. The van der Waals surface area contributed by atoms with Crippen molar-refractivity contribution in [3.8, 4) is 0 Å². The van der Waals surface area contributed by atoms with E-state index in [0.29, 0.717) is 16.6 Å². The lowest BCUT2D eigenvalue weighted by Gasteiger charge is -2.30. The summed E-state index contributed by atoms with van der Waals surface area (Å²) in [4.78, 5) is 39.0. The monoisotopic (exact) mass is 395 g/mol. The number of likely N-dealkylation sites (N-methyl/N-ethyl adjacent to an activating group) is 1. The molecule has 1 aliphatic carbocycles. The van der Waals surface area contributed by atoms with Crippen LogP contribution in [-0.2, 0) is 9.53 Å². The summed E-state index contributed by atoms with van der Waals surface area (Å²) in [5.41, 5.74) is 6.05. The zero-order valence-electron chi connectivity index (χ0n) is 16.5. The highest BCUT2D eigenvalue weighted by Gasteiger charge is 2.27. The lowest BCUT2D eigenvalue weighted by molar-refractivity contribution is -0.117. The molecule has 27 heavy (non-hydrogen) atoms. The Kier molecular flexibility index (Phi) is 7.38. The first kappa shape index (κ1) is 21.4. The number of carbonyl (C=O) groups is 3. The number of carbonyl (C=O) groups excluding carboxylic acids is 3. The van der Waals surface area contributed by atoms with Crippen LogP contribution in [0, 0.1) is 6.92 Å². The number of primary amides is 1. The third-order valence-corrected chi connectivity index (χ3v) is 5.98. The predicted octanol–water partition coefficient (Wildman–Crippen LogP) is 2.92. The fraction of sp³-hybridized carbons (Fsp3) is 0.632. The summed E-state index contributed by atoms with van der Waals surface area (Å²) in [7, 11) is 1.94. The molecule has 0 unspecified atom stereocenters. The van der Waals surface area contributed by atoms with Gasteiger partial charge in [-0.05, 0) is 46.2 Å². The lowest BCUT2D eigenvalue weighted by Crippen LogP contribution is -2.39. The van der Waals surface area contributed by atoms with E-state index in [9.17, 15) is 14.4 Å². The number of nitrogens with one attached hydrogen (secondary N) is 1. The summed E-state index contributed by atoms with van der Waals surface area (Å²) in [5, 5.41) is 3.09. The average molecular weight is 396 g/mol. The molecule has 3 N–H and O–H groups in total. The number of anilines is 1. The van der Waals surface area contributed by atoms with Crippen LogP contribution in [0.25, 0.3) is 0 Å². The van der Waals surface area contributed by atoms with E-state index < -0.39 is 11.9 Å². The molecule has 0 spiro atoms. The highest BCUT2D eigenvalue weighted by atomic mass is 32.1. The van der Waals surface area contributed by atoms with Gasteiger partial charge in [-0.3, -0.25) is 14.5 Å². The average Bonchev–Trinajstić information content (AvgIpc) is 2.91. The maximum atomic E-state index is 12.5. The molecule has 0 bridgehead atoms. The molecule has 1 heterocycles. The Labute approximate surface area is 164 Å². The van der Waals surface area contributed by atoms with Gasteiger partial charge < -0.3 is 15.8 Å². The molecule has 7 nitrogen and oxygen atoms in total. The molecule has 2 amide bonds. The molecule has 1 saturated carbocycles. The number of amides is 2. The minimum Gasteiger partial charge on any atom is -0.459 e. The molecule has 2 rings (SSSR count). The lowest BCUT2D eigenvalue weighted by atomic mass is 9.94. The predicted molar refractivity (Wildman–Crippen MR) is 106 cm³/mol. The van der Waals surface area contributed by atoms with Crippen molar-refractivity contribution in [2.45, 2.75) is 65.0 Å². The number of ether oxygens (including phenoxy) is 1. The van der Waals surface area contributed by atoms with Crippen molar-refractivity contribution < 1.29 is 19.1 Å². The van der Waals surface area contributed by atoms with Gasteiger partial charge in [0.05, 0.1) is 23.1 Å². The second-order valence-electron chi connectivity index (χ2n) is 7.33. The van der Waals surface area contributed by atoms with Crippen LogP contribution in [0.1, 0.15) is 71.5 Å². The Hall–Kier alpha value is -1.93. The summed E-state index contributed by atoms with van der Waals surface area (Å²) >= 11 is 1.01. The zero-order valence-corrected chi connectivity index (χ0v) is 17.3. The van der Waals surface area contributed by atoms with Crippen LogP contribution in [-0.4, -0.2) is 48.4 Å². The largest absolute Gasteiger partial charge is 0.459 e. The molecule has 1 aliphatic rings. The summed E-state index contributed by atoms with van der Waals surface area (Å²) < 4.78 is 5.26. The van der Waals surface area contributed by atoms with Gasteiger partial charge in [0.15, 0.2) is 0 Å². The fourth-order valence-electron chi connectivity index (χ4n) is 3.40. The van der Waals surface area contributed by atoms with Gasteiger partial charge in [0.25, 0.3) is 5.91 Å². The van der Waals surface area contributed by atoms with Crippen molar-refractivity contribution in [1.29, 1.82) is 0 Å². The second kappa shape index (κ2) is 9.32. The van der Waals surface area contributed by atoms with Crippen molar-refractivity contribution >= 4 is 34.1 Å². The second-order valence-corrected chi connectivity index (χ2v) is 8.35. The molecule has 0 saturated heterocycles. The molecule has 0 radical (unpaired) electrons. The van der Waals surface area contributed by atoms with E-state index in [1.807, 2.05) is 7.05 Å². The first-order valence-corrected chi connectivity index (χ1v) is 10.2. The molecule has 1 fully saturated rings. The van der Waals surface area contributed by atoms with E-state index in [0.717, 1.165) is 24.2 Å². The number of thiophene rings is 1. The molecule has 1 aromatic rings. The van der Waals surface area contributed by atoms with Crippen LogP contribution in [0.4, 0.5) is 5.00 Å². The Morgan fingerprint density at radius 2 is 1.89 bits per heavy atom. The number of rotatable bonds is 7. The Morgan fingerprint density at radius 3 is 2.44 bits per heavy atom. The number of esters is 1. The van der Waals surface area contributed by atoms with E-state index in [-0.39, 0.29) is 29.0 Å². The number of hydrogen-bond donors (Lipinski definition) is 2. The van der Waals surface area contributed by atoms with Crippen molar-refractivity contribution in [3.05, 3.63) is 16.0 Å². The van der Waals surface area contributed by atoms with Crippen molar-refractivity contribution in [2.75, 3.05) is 18.9 Å². The van der Waals surface area contributed by atoms with E-state index in [4.69, 9.17) is 10.5 Å². The van der Waals surface area contributed by atoms with Crippen LogP contribution in [0.3, 0.4) is 0 Å². The normalized spacial score (nSPS) is 15.2. The van der Waals surface area contributed by atoms with Gasteiger partial charge in [0.1, 0.15) is 5.00 Å². The van der Waals surface area contributed by atoms with Gasteiger partial charge in [-0.1, -0.05) is 19.3 Å². The smallest absolute Gasteiger partial charge is 0.341 e. The molecular formula is C19H29N3O4S. The highest BCUT2D eigenvalue weighted by molar-refractivity contribution is 7.18. The number of hydrogen-bond acceptors (Lipinski definition) is 6. The Balaban J connectivity index is 2.15. The van der Waals surface area contributed by atoms with E-state index in [2.05, 4.69) is 10.2 Å². The van der Waals surface area contributed by atoms with E-state index in [1.54, 1.807) is 20.8 Å². The maximum Gasteiger partial charge on any atom is 0.341 e. The highest BCUT2D eigenvalue weighted by Crippen LogP contribution is 2.34. The third-order valence-electron chi connectivity index (χ3n) is 4.76. The molecule has 0 aliphatic heterocycles. The minimum absolute atomic E-state index is 0.205. The number of nitrogens with two attached hydrogens (primary N) is 1. The summed E-state index contributed by atoms with van der Waals surface area (Å²) in [6, 6.07) is 0.404. The topological polar surface area (TPSA) is 102 Å². The first-order chi connectivity index (χ1) is 12.7. The third kappa shape index (κ3) is 5.52. The van der Waals surface area contributed by atoms with E-state index in [1.165, 1.54) is 19.3 Å². The van der Waals surface area contributed by atoms with Gasteiger partial charge in [0.2, 0.25) is 5.91 Å². The quantitative estimate of drug-likeness (QED) is 0.691. The van der Waals surface area contributed by atoms with Gasteiger partial charge in [-0.25, -0.2) is 4.79 Å². The van der Waals surface area contributed by atoms with Crippen molar-refractivity contribution in [1.82, 2.24) is 4.90 Å². The summed E-state index contributed by atoms with van der Waals surface area (Å²) in [6.45, 7) is 5.35. The maximum absolute atomic E-state index is 12.5. The van der Waals surface area contributed by atoms with Crippen LogP contribution >= 0.6 is 11.3 Å². The Bertz CT molecular complexity index is 708. The van der Waals surface area contributed by atoms with Gasteiger partial charge in [0, 0.05) is 6.04 Å². The van der Waals surface area contributed by atoms with E-state index >= 15 is 0 Å². The molecule has 1 aromatic heterocycles. The van der Waals surface area contributed by atoms with Gasteiger partial charge in [-0.2, -0.15) is 0 Å². The van der Waals surface area contributed by atoms with Crippen molar-refractivity contribution in [2.24, 2.45) is 5.73 Å². The summed E-state index contributed by atoms with van der Waals surface area (Å²) in [6.07, 6.45) is 5.51. The minimum atomic E-state index is -0.629.